The molecule has 0 fully saturated rings. The highest BCUT2D eigenvalue weighted by Gasteiger charge is 2.16. The lowest BCUT2D eigenvalue weighted by Crippen LogP contribution is -2.05. The maximum Gasteiger partial charge on any atom is 0.519 e. The molecule has 0 unspecified atom stereocenters. The quantitative estimate of drug-likeness (QED) is 0.428. The Kier molecular flexibility index (Phi) is 4.70. The van der Waals surface area contributed by atoms with Crippen molar-refractivity contribution in [3.63, 3.8) is 0 Å². The van der Waals surface area contributed by atoms with E-state index in [1.807, 2.05) is 0 Å². The smallest absolute Gasteiger partial charge is 0.454 e. The fourth-order valence-corrected chi connectivity index (χ4v) is 3.10. The van der Waals surface area contributed by atoms with E-state index < -0.39 is 11.8 Å². The van der Waals surface area contributed by atoms with Gasteiger partial charge in [0.1, 0.15) is 5.52 Å². The molecule has 0 aliphatic heterocycles. The molecule has 4 rings (SSSR count). The first-order valence-corrected chi connectivity index (χ1v) is 8.78. The van der Waals surface area contributed by atoms with E-state index in [0.717, 1.165) is 0 Å². The molecule has 0 atom stereocenters. The number of rotatable bonds is 4. The molecule has 9 heteroatoms. The van der Waals surface area contributed by atoms with E-state index in [-0.39, 0.29) is 23.7 Å². The maximum absolute atomic E-state index is 12.3. The Labute approximate surface area is 167 Å². The van der Waals surface area contributed by atoms with Gasteiger partial charge in [0, 0.05) is 15.6 Å². The van der Waals surface area contributed by atoms with Crippen LogP contribution in [0.15, 0.2) is 54.4 Å². The number of ether oxygens (including phenoxy) is 1. The predicted molar refractivity (Wildman–Crippen MR) is 101 cm³/mol. The highest BCUT2D eigenvalue weighted by Crippen LogP contribution is 2.29. The molecule has 0 N–H and O–H groups in total. The van der Waals surface area contributed by atoms with Gasteiger partial charge >= 0.3 is 11.8 Å². The van der Waals surface area contributed by atoms with Gasteiger partial charge in [0.2, 0.25) is 5.89 Å². The Bertz CT molecular complexity index is 1230. The third-order valence-electron chi connectivity index (χ3n) is 3.90. The summed E-state index contributed by atoms with van der Waals surface area (Å²) in [7, 11) is 0. The van der Waals surface area contributed by atoms with E-state index in [2.05, 4.69) is 4.98 Å². The first kappa shape index (κ1) is 18.3. The van der Waals surface area contributed by atoms with Crippen molar-refractivity contribution in [3.05, 3.63) is 74.1 Å². The Balaban J connectivity index is 1.58. The molecule has 2 heterocycles. The highest BCUT2D eigenvalue weighted by molar-refractivity contribution is 6.35. The van der Waals surface area contributed by atoms with Gasteiger partial charge in [-0.3, -0.25) is 0 Å². The number of benzene rings is 2. The second kappa shape index (κ2) is 7.18. The van der Waals surface area contributed by atoms with Crippen molar-refractivity contribution < 1.29 is 22.8 Å². The third-order valence-corrected chi connectivity index (χ3v) is 4.34. The van der Waals surface area contributed by atoms with E-state index in [1.165, 1.54) is 13.0 Å². The number of aryl methyl sites for hydroxylation is 1. The van der Waals surface area contributed by atoms with Crippen LogP contribution in [0, 0.1) is 6.92 Å². The Morgan fingerprint density at radius 2 is 1.82 bits per heavy atom. The summed E-state index contributed by atoms with van der Waals surface area (Å²) in [6, 6.07) is 9.66. The van der Waals surface area contributed by atoms with Gasteiger partial charge in [-0.1, -0.05) is 23.2 Å². The average molecular weight is 420 g/mol. The van der Waals surface area contributed by atoms with E-state index >= 15 is 0 Å². The van der Waals surface area contributed by atoms with Crippen LogP contribution < -0.4 is 5.82 Å². The summed E-state index contributed by atoms with van der Waals surface area (Å²) >= 11 is 12.0. The lowest BCUT2D eigenvalue weighted by molar-refractivity contribution is 0.0443. The summed E-state index contributed by atoms with van der Waals surface area (Å²) in [6.07, 6.45) is 0. The molecule has 0 saturated carbocycles. The molecule has 7 nitrogen and oxygen atoms in total. The summed E-state index contributed by atoms with van der Waals surface area (Å²) in [5.74, 6) is -0.734. The molecule has 28 heavy (non-hydrogen) atoms. The molecule has 2 aromatic heterocycles. The Morgan fingerprint density at radius 1 is 1.07 bits per heavy atom. The standard InChI is InChI=1S/C19H11Cl2NO6/c1-9-16(28-19(24)26-9)8-25-18(23)10-2-3-14-15(6-10)27-17(22-14)11-4-12(20)7-13(21)5-11/h2-7H,8H2,1H3. The van der Waals surface area contributed by atoms with Gasteiger partial charge in [-0.25, -0.2) is 14.6 Å². The minimum atomic E-state index is -0.847. The third kappa shape index (κ3) is 3.67. The lowest BCUT2D eigenvalue weighted by Gasteiger charge is -2.02. The number of oxazole rings is 1. The summed E-state index contributed by atoms with van der Waals surface area (Å²) < 4.78 is 20.4. The molecule has 2 aromatic carbocycles. The molecule has 0 aliphatic carbocycles. The van der Waals surface area contributed by atoms with Gasteiger partial charge in [-0.2, -0.15) is 0 Å². The monoisotopic (exact) mass is 419 g/mol. The summed E-state index contributed by atoms with van der Waals surface area (Å²) in [5, 5.41) is 0.908. The number of carbonyl (C=O) groups is 1. The summed E-state index contributed by atoms with van der Waals surface area (Å²) in [6.45, 7) is 1.31. The molecule has 0 spiro atoms. The normalized spacial score (nSPS) is 11.1. The zero-order valence-electron chi connectivity index (χ0n) is 14.3. The molecule has 0 aliphatic rings. The van der Waals surface area contributed by atoms with Gasteiger partial charge in [0.05, 0.1) is 5.56 Å². The van der Waals surface area contributed by atoms with Gasteiger partial charge in [-0.05, 0) is 43.3 Å². The van der Waals surface area contributed by atoms with Crippen molar-refractivity contribution in [2.24, 2.45) is 0 Å². The molecule has 0 bridgehead atoms. The number of nitrogens with zero attached hydrogens (tertiary/aromatic N) is 1. The minimum absolute atomic E-state index is 0.152. The van der Waals surface area contributed by atoms with E-state index in [4.69, 9.17) is 41.2 Å². The van der Waals surface area contributed by atoms with Crippen LogP contribution in [0.3, 0.4) is 0 Å². The number of hydrogen-bond acceptors (Lipinski definition) is 7. The van der Waals surface area contributed by atoms with Gasteiger partial charge in [0.25, 0.3) is 0 Å². The number of fused-ring (bicyclic) bond motifs is 1. The molecule has 4 aromatic rings. The Hall–Kier alpha value is -3.03. The van der Waals surface area contributed by atoms with Crippen LogP contribution in [0.25, 0.3) is 22.6 Å². The molecule has 0 amide bonds. The largest absolute Gasteiger partial charge is 0.519 e. The Morgan fingerprint density at radius 3 is 2.50 bits per heavy atom. The van der Waals surface area contributed by atoms with E-state index in [0.29, 0.717) is 32.6 Å². The lowest BCUT2D eigenvalue weighted by atomic mass is 10.2. The van der Waals surface area contributed by atoms with Crippen LogP contribution in [0.5, 0.6) is 0 Å². The summed E-state index contributed by atoms with van der Waals surface area (Å²) in [4.78, 5) is 27.7. The van der Waals surface area contributed by atoms with Crippen molar-refractivity contribution in [2.75, 3.05) is 0 Å². The van der Waals surface area contributed by atoms with Gasteiger partial charge in [-0.15, -0.1) is 0 Å². The van der Waals surface area contributed by atoms with Crippen LogP contribution in [-0.4, -0.2) is 11.0 Å². The first-order valence-electron chi connectivity index (χ1n) is 8.02. The van der Waals surface area contributed by atoms with Crippen molar-refractivity contribution >= 4 is 40.3 Å². The molecular formula is C19H11Cl2NO6. The zero-order chi connectivity index (χ0) is 19.8. The van der Waals surface area contributed by atoms with Crippen molar-refractivity contribution in [1.29, 1.82) is 0 Å². The van der Waals surface area contributed by atoms with Crippen molar-refractivity contribution in [2.45, 2.75) is 13.5 Å². The van der Waals surface area contributed by atoms with Crippen LogP contribution in [0.1, 0.15) is 21.9 Å². The zero-order valence-corrected chi connectivity index (χ0v) is 15.8. The van der Waals surface area contributed by atoms with Crippen LogP contribution in [0.2, 0.25) is 10.0 Å². The van der Waals surface area contributed by atoms with Crippen LogP contribution in [0.4, 0.5) is 0 Å². The van der Waals surface area contributed by atoms with Crippen LogP contribution >= 0.6 is 23.2 Å². The van der Waals surface area contributed by atoms with Crippen molar-refractivity contribution in [3.8, 4) is 11.5 Å². The molecule has 0 radical (unpaired) electrons. The molecular weight excluding hydrogens is 409 g/mol. The number of carbonyl (C=O) groups excluding carboxylic acids is 1. The fraction of sp³-hybridized carbons (Fsp3) is 0.105. The first-order chi connectivity index (χ1) is 13.4. The minimum Gasteiger partial charge on any atom is -0.454 e. The molecule has 0 saturated heterocycles. The van der Waals surface area contributed by atoms with Crippen LogP contribution in [-0.2, 0) is 11.3 Å². The number of esters is 1. The highest BCUT2D eigenvalue weighted by atomic mass is 35.5. The second-order valence-electron chi connectivity index (χ2n) is 5.87. The maximum atomic E-state index is 12.3. The number of hydrogen-bond donors (Lipinski definition) is 0. The second-order valence-corrected chi connectivity index (χ2v) is 6.74. The molecule has 142 valence electrons. The topological polar surface area (TPSA) is 95.7 Å². The van der Waals surface area contributed by atoms with E-state index in [1.54, 1.807) is 30.3 Å². The predicted octanol–water partition coefficient (Wildman–Crippen LogP) is 5.01. The SMILES string of the molecule is Cc1oc(=O)oc1COC(=O)c1ccc2nc(-c3cc(Cl)cc(Cl)c3)oc2c1. The average Bonchev–Trinajstić information content (AvgIpc) is 3.20. The van der Waals surface area contributed by atoms with E-state index in [9.17, 15) is 9.59 Å². The van der Waals surface area contributed by atoms with Crippen molar-refractivity contribution in [1.82, 2.24) is 4.98 Å². The van der Waals surface area contributed by atoms with Gasteiger partial charge in [0.15, 0.2) is 23.7 Å². The summed E-state index contributed by atoms with van der Waals surface area (Å²) in [5.41, 5.74) is 1.82. The fourth-order valence-electron chi connectivity index (χ4n) is 2.57. The number of aromatic nitrogens is 1. The van der Waals surface area contributed by atoms with Gasteiger partial charge < -0.3 is 18.0 Å². The number of halogens is 2.